The van der Waals surface area contributed by atoms with Crippen LogP contribution in [0.15, 0.2) is 24.3 Å². The molecule has 0 aliphatic carbocycles. The summed E-state index contributed by atoms with van der Waals surface area (Å²) in [6.45, 7) is 4.15. The Balaban J connectivity index is 1.97. The maximum absolute atomic E-state index is 13.4. The van der Waals surface area contributed by atoms with E-state index in [9.17, 15) is 17.6 Å². The van der Waals surface area contributed by atoms with Crippen LogP contribution in [0.5, 0.6) is 0 Å². The molecule has 26 heavy (non-hydrogen) atoms. The van der Waals surface area contributed by atoms with E-state index in [1.54, 1.807) is 17.0 Å². The largest absolute Gasteiger partial charge is 0.338 e. The van der Waals surface area contributed by atoms with E-state index in [-0.39, 0.29) is 24.3 Å². The number of nitrogens with zero attached hydrogens (tertiary/aromatic N) is 2. The van der Waals surface area contributed by atoms with Gasteiger partial charge in [-0.3, -0.25) is 9.69 Å². The molecular weight excluding hydrogens is 357 g/mol. The lowest BCUT2D eigenvalue weighted by Crippen LogP contribution is -2.50. The fourth-order valence-electron chi connectivity index (χ4n) is 3.25. The van der Waals surface area contributed by atoms with Gasteiger partial charge in [-0.05, 0) is 44.0 Å². The molecule has 6 nitrogen and oxygen atoms in total. The number of hydrogen-bond donors (Lipinski definition) is 1. The smallest absolute Gasteiger partial charge is 0.237 e. The number of likely N-dealkylation sites (tertiary alicyclic amines) is 1. The quantitative estimate of drug-likeness (QED) is 0.738. The monoisotopic (exact) mass is 385 g/mol. The van der Waals surface area contributed by atoms with Crippen LogP contribution in [0.1, 0.15) is 31.7 Å². The van der Waals surface area contributed by atoms with Crippen LogP contribution < -0.4 is 4.72 Å². The highest BCUT2D eigenvalue weighted by atomic mass is 32.2. The Hall–Kier alpha value is -1.51. The molecule has 1 atom stereocenters. The number of carbonyl (C=O) groups is 1. The molecule has 8 heteroatoms. The van der Waals surface area contributed by atoms with Gasteiger partial charge < -0.3 is 4.90 Å². The molecule has 1 heterocycles. The van der Waals surface area contributed by atoms with Gasteiger partial charge in [-0.15, -0.1) is 0 Å². The minimum atomic E-state index is -3.25. The molecule has 146 valence electrons. The maximum Gasteiger partial charge on any atom is 0.237 e. The highest BCUT2D eigenvalue weighted by molar-refractivity contribution is 7.88. The van der Waals surface area contributed by atoms with Gasteiger partial charge in [0, 0.05) is 25.7 Å². The van der Waals surface area contributed by atoms with Crippen molar-refractivity contribution >= 4 is 15.9 Å². The molecule has 0 spiro atoms. The Kier molecular flexibility index (Phi) is 7.55. The van der Waals surface area contributed by atoms with Crippen LogP contribution >= 0.6 is 0 Å². The number of likely N-dealkylation sites (N-methyl/N-ethyl adjacent to an activating group) is 1. The van der Waals surface area contributed by atoms with Crippen LogP contribution in [0, 0.1) is 5.82 Å². The van der Waals surface area contributed by atoms with Gasteiger partial charge in [0.05, 0.1) is 12.8 Å². The molecule has 1 unspecified atom stereocenters. The Morgan fingerprint density at radius 2 is 2.15 bits per heavy atom. The number of benzene rings is 1. The fraction of sp³-hybridized carbons (Fsp3) is 0.611. The van der Waals surface area contributed by atoms with Gasteiger partial charge in [0.2, 0.25) is 15.9 Å². The molecule has 1 aromatic rings. The van der Waals surface area contributed by atoms with Crippen LogP contribution in [-0.4, -0.2) is 62.6 Å². The van der Waals surface area contributed by atoms with Gasteiger partial charge in [-0.25, -0.2) is 17.5 Å². The number of carbonyl (C=O) groups excluding carboxylic acids is 1. The molecule has 0 radical (unpaired) electrons. The van der Waals surface area contributed by atoms with Gasteiger partial charge in [0.1, 0.15) is 5.82 Å². The van der Waals surface area contributed by atoms with Gasteiger partial charge in [-0.2, -0.15) is 0 Å². The Labute approximate surface area is 155 Å². The molecular formula is C18H28FN3O3S. The van der Waals surface area contributed by atoms with Crippen molar-refractivity contribution in [1.82, 2.24) is 14.5 Å². The van der Waals surface area contributed by atoms with Gasteiger partial charge in [0.15, 0.2) is 0 Å². The zero-order valence-corrected chi connectivity index (χ0v) is 16.3. The SMILES string of the molecule is CCN(Cc1cccc(F)c1)C(=O)CN1CCCCC1CNS(C)(=O)=O. The lowest BCUT2D eigenvalue weighted by Gasteiger charge is -2.36. The third kappa shape index (κ3) is 6.66. The van der Waals surface area contributed by atoms with E-state index in [0.29, 0.717) is 19.6 Å². The van der Waals surface area contributed by atoms with E-state index in [1.165, 1.54) is 12.1 Å². The fourth-order valence-corrected chi connectivity index (χ4v) is 3.75. The number of nitrogens with one attached hydrogen (secondary N) is 1. The van der Waals surface area contributed by atoms with Crippen molar-refractivity contribution in [2.24, 2.45) is 0 Å². The maximum atomic E-state index is 13.4. The average Bonchev–Trinajstić information content (AvgIpc) is 2.58. The summed E-state index contributed by atoms with van der Waals surface area (Å²) in [5.41, 5.74) is 0.758. The van der Waals surface area contributed by atoms with Gasteiger partial charge in [0.25, 0.3) is 0 Å². The van der Waals surface area contributed by atoms with Crippen LogP contribution in [-0.2, 0) is 21.4 Å². The predicted octanol–water partition coefficient (Wildman–Crippen LogP) is 1.58. The topological polar surface area (TPSA) is 69.7 Å². The van der Waals surface area contributed by atoms with E-state index in [2.05, 4.69) is 9.62 Å². The second-order valence-electron chi connectivity index (χ2n) is 6.78. The minimum Gasteiger partial charge on any atom is -0.338 e. The first kappa shape index (κ1) is 20.8. The van der Waals surface area contributed by atoms with Crippen molar-refractivity contribution in [2.75, 3.05) is 32.4 Å². The summed E-state index contributed by atoms with van der Waals surface area (Å²) in [4.78, 5) is 16.5. The van der Waals surface area contributed by atoms with Gasteiger partial charge >= 0.3 is 0 Å². The van der Waals surface area contributed by atoms with E-state index in [0.717, 1.165) is 37.6 Å². The molecule has 2 rings (SSSR count). The van der Waals surface area contributed by atoms with E-state index < -0.39 is 10.0 Å². The first-order chi connectivity index (χ1) is 12.3. The predicted molar refractivity (Wildman–Crippen MR) is 99.5 cm³/mol. The zero-order valence-electron chi connectivity index (χ0n) is 15.4. The molecule has 1 aliphatic heterocycles. The molecule has 1 amide bonds. The molecule has 1 saturated heterocycles. The van der Waals surface area contributed by atoms with E-state index in [4.69, 9.17) is 0 Å². The molecule has 1 N–H and O–H groups in total. The molecule has 1 aromatic carbocycles. The molecule has 0 aromatic heterocycles. The lowest BCUT2D eigenvalue weighted by atomic mass is 10.0. The Morgan fingerprint density at radius 1 is 1.38 bits per heavy atom. The Bertz CT molecular complexity index is 711. The zero-order chi connectivity index (χ0) is 19.2. The van der Waals surface area contributed by atoms with Crippen LogP contribution in [0.25, 0.3) is 0 Å². The van der Waals surface area contributed by atoms with E-state index >= 15 is 0 Å². The van der Waals surface area contributed by atoms with Gasteiger partial charge in [-0.1, -0.05) is 18.6 Å². The van der Waals surface area contributed by atoms with Crippen molar-refractivity contribution in [2.45, 2.75) is 38.8 Å². The third-order valence-corrected chi connectivity index (χ3v) is 5.36. The van der Waals surface area contributed by atoms with Crippen molar-refractivity contribution in [3.05, 3.63) is 35.6 Å². The first-order valence-electron chi connectivity index (χ1n) is 8.99. The number of halogens is 1. The number of piperidine rings is 1. The van der Waals surface area contributed by atoms with Crippen LogP contribution in [0.2, 0.25) is 0 Å². The van der Waals surface area contributed by atoms with Crippen molar-refractivity contribution in [3.8, 4) is 0 Å². The minimum absolute atomic E-state index is 0.0234. The number of amides is 1. The summed E-state index contributed by atoms with van der Waals surface area (Å²) in [7, 11) is -3.25. The number of hydrogen-bond acceptors (Lipinski definition) is 4. The molecule has 0 saturated carbocycles. The van der Waals surface area contributed by atoms with Crippen molar-refractivity contribution in [1.29, 1.82) is 0 Å². The standard InChI is InChI=1S/C18H28FN3O3S/c1-3-21(13-15-7-6-8-16(19)11-15)18(23)14-22-10-5-4-9-17(22)12-20-26(2,24)25/h6-8,11,17,20H,3-5,9-10,12-14H2,1-2H3. The summed E-state index contributed by atoms with van der Waals surface area (Å²) < 4.78 is 38.6. The van der Waals surface area contributed by atoms with E-state index in [1.807, 2.05) is 6.92 Å². The molecule has 1 aliphatic rings. The van der Waals surface area contributed by atoms with Crippen LogP contribution in [0.3, 0.4) is 0 Å². The van der Waals surface area contributed by atoms with Crippen molar-refractivity contribution in [3.63, 3.8) is 0 Å². The summed E-state index contributed by atoms with van der Waals surface area (Å²) >= 11 is 0. The number of rotatable bonds is 8. The second kappa shape index (κ2) is 9.43. The highest BCUT2D eigenvalue weighted by Gasteiger charge is 2.26. The summed E-state index contributed by atoms with van der Waals surface area (Å²) in [6, 6.07) is 6.29. The Morgan fingerprint density at radius 3 is 2.81 bits per heavy atom. The van der Waals surface area contributed by atoms with Crippen molar-refractivity contribution < 1.29 is 17.6 Å². The first-order valence-corrected chi connectivity index (χ1v) is 10.9. The molecule has 1 fully saturated rings. The average molecular weight is 386 g/mol. The third-order valence-electron chi connectivity index (χ3n) is 4.67. The number of sulfonamides is 1. The van der Waals surface area contributed by atoms with Crippen LogP contribution in [0.4, 0.5) is 4.39 Å². The summed E-state index contributed by atoms with van der Waals surface area (Å²) in [5.74, 6) is -0.336. The summed E-state index contributed by atoms with van der Waals surface area (Å²) in [5, 5.41) is 0. The second-order valence-corrected chi connectivity index (χ2v) is 8.61. The lowest BCUT2D eigenvalue weighted by molar-refractivity contribution is -0.133. The normalized spacial score (nSPS) is 18.7. The highest BCUT2D eigenvalue weighted by Crippen LogP contribution is 2.17. The molecule has 0 bridgehead atoms. The summed E-state index contributed by atoms with van der Waals surface area (Å²) in [6.07, 6.45) is 4.04.